The summed E-state index contributed by atoms with van der Waals surface area (Å²) in [6.07, 6.45) is 5.05. The van der Waals surface area contributed by atoms with E-state index >= 15 is 0 Å². The first-order valence-corrected chi connectivity index (χ1v) is 3.79. The zero-order chi connectivity index (χ0) is 8.20. The molecule has 0 aromatic heterocycles. The van der Waals surface area contributed by atoms with Gasteiger partial charge < -0.3 is 0 Å². The summed E-state index contributed by atoms with van der Waals surface area (Å²) >= 11 is 0. The highest BCUT2D eigenvalue weighted by molar-refractivity contribution is 7.33. The van der Waals surface area contributed by atoms with Gasteiger partial charge in [0.1, 0.15) is 0 Å². The molecule has 56 valence electrons. The highest BCUT2D eigenvalue weighted by Gasteiger charge is 2.30. The maximum absolute atomic E-state index is 10.6. The molecule has 0 N–H and O–H groups in total. The third-order valence-corrected chi connectivity index (χ3v) is 1.70. The van der Waals surface area contributed by atoms with Gasteiger partial charge in [-0.2, -0.15) is 0 Å². The molecule has 4 heteroatoms. The topological polar surface area (TPSA) is 35.5 Å². The summed E-state index contributed by atoms with van der Waals surface area (Å²) in [5, 5.41) is 0. The van der Waals surface area contributed by atoms with Crippen molar-refractivity contribution < 1.29 is 13.6 Å². The lowest BCUT2D eigenvalue weighted by Gasteiger charge is -2.06. The van der Waals surface area contributed by atoms with Crippen LogP contribution in [0.15, 0.2) is 0 Å². The molecule has 1 atom stereocenters. The lowest BCUT2D eigenvalue weighted by atomic mass is 10.2. The summed E-state index contributed by atoms with van der Waals surface area (Å²) in [6, 6.07) is 0. The molecule has 0 aliphatic carbocycles. The molecule has 0 aliphatic rings. The summed E-state index contributed by atoms with van der Waals surface area (Å²) in [5.41, 5.74) is -0.816. The Morgan fingerprint density at radius 2 is 2.10 bits per heavy atom. The second-order valence-corrected chi connectivity index (χ2v) is 3.15. The third-order valence-electron chi connectivity index (χ3n) is 0.799. The summed E-state index contributed by atoms with van der Waals surface area (Å²) in [4.78, 5) is 0. The van der Waals surface area contributed by atoms with Crippen molar-refractivity contribution in [2.24, 2.45) is 0 Å². The molecule has 0 aromatic rings. The Labute approximate surface area is 61.7 Å². The van der Waals surface area contributed by atoms with Gasteiger partial charge in [-0.3, -0.25) is 0 Å². The molecule has 0 rings (SSSR count). The number of hydrogen-bond donors (Lipinski definition) is 0. The van der Waals surface area contributed by atoms with Crippen molar-refractivity contribution in [3.05, 3.63) is 0 Å². The lowest BCUT2D eigenvalue weighted by molar-refractivity contribution is 0.152. The number of terminal acetylenes is 1. The van der Waals surface area contributed by atoms with E-state index in [-0.39, 0.29) is 0 Å². The molecule has 0 fully saturated rings. The van der Waals surface area contributed by atoms with Gasteiger partial charge in [0.2, 0.25) is 0 Å². The summed E-state index contributed by atoms with van der Waals surface area (Å²) in [7, 11) is -0.768. The Hall–Kier alpha value is -0.420. The predicted molar refractivity (Wildman–Crippen MR) is 38.6 cm³/mol. The highest BCUT2D eigenvalue weighted by Crippen LogP contribution is 2.29. The van der Waals surface area contributed by atoms with Gasteiger partial charge in [-0.1, -0.05) is 10.4 Å². The number of hydrogen-bond acceptors (Lipinski definition) is 3. The fourth-order valence-electron chi connectivity index (χ4n) is 0.250. The molecule has 3 nitrogen and oxygen atoms in total. The van der Waals surface area contributed by atoms with Crippen molar-refractivity contribution in [1.29, 1.82) is 0 Å². The van der Waals surface area contributed by atoms with Crippen molar-refractivity contribution in [2.75, 3.05) is 7.11 Å². The molecular formula is C6H10O3P+. The van der Waals surface area contributed by atoms with Crippen molar-refractivity contribution in [3.8, 4) is 12.3 Å². The van der Waals surface area contributed by atoms with E-state index < -0.39 is 13.9 Å². The van der Waals surface area contributed by atoms with Gasteiger partial charge in [0.05, 0.1) is 7.11 Å². The minimum atomic E-state index is -2.06. The molecule has 0 heterocycles. The van der Waals surface area contributed by atoms with Gasteiger partial charge >= 0.3 is 8.25 Å². The van der Waals surface area contributed by atoms with Gasteiger partial charge in [-0.05, 0) is 13.8 Å². The van der Waals surface area contributed by atoms with Crippen LogP contribution in [-0.2, 0) is 13.6 Å². The van der Waals surface area contributed by atoms with E-state index in [1.54, 1.807) is 13.8 Å². The van der Waals surface area contributed by atoms with Crippen LogP contribution < -0.4 is 0 Å². The first-order valence-electron chi connectivity index (χ1n) is 2.70. The van der Waals surface area contributed by atoms with Crippen molar-refractivity contribution in [3.63, 3.8) is 0 Å². The average molecular weight is 161 g/mol. The highest BCUT2D eigenvalue weighted by atomic mass is 31.1. The van der Waals surface area contributed by atoms with Crippen molar-refractivity contribution >= 4 is 8.25 Å². The standard InChI is InChI=1S/C6H10O3P/c1-5-6(2,3)9-10(7)8-4/h1H,2-4H3/q+1. The van der Waals surface area contributed by atoms with E-state index in [1.165, 1.54) is 7.11 Å². The molecule has 10 heavy (non-hydrogen) atoms. The van der Waals surface area contributed by atoms with Crippen molar-refractivity contribution in [2.45, 2.75) is 19.4 Å². The molecule has 0 aromatic carbocycles. The quantitative estimate of drug-likeness (QED) is 0.467. The summed E-state index contributed by atoms with van der Waals surface area (Å²) < 4.78 is 19.8. The van der Waals surface area contributed by atoms with Gasteiger partial charge in [-0.15, -0.1) is 10.9 Å². The molecule has 1 unspecified atom stereocenters. The molecule has 0 aliphatic heterocycles. The molecule has 0 saturated carbocycles. The molecule has 0 saturated heterocycles. The van der Waals surface area contributed by atoms with Crippen LogP contribution in [0.2, 0.25) is 0 Å². The van der Waals surface area contributed by atoms with Crippen LogP contribution in [0.5, 0.6) is 0 Å². The largest absolute Gasteiger partial charge is 0.698 e. The zero-order valence-electron chi connectivity index (χ0n) is 6.25. The Balaban J connectivity index is 3.92. The average Bonchev–Trinajstić information content (AvgIpc) is 1.87. The predicted octanol–water partition coefficient (Wildman–Crippen LogP) is 1.72. The minimum absolute atomic E-state index is 0.816. The van der Waals surface area contributed by atoms with E-state index in [0.717, 1.165) is 0 Å². The van der Waals surface area contributed by atoms with Crippen LogP contribution in [0.3, 0.4) is 0 Å². The second kappa shape index (κ2) is 3.68. The third kappa shape index (κ3) is 3.58. The van der Waals surface area contributed by atoms with E-state index in [2.05, 4.69) is 10.4 Å². The Bertz CT molecular complexity index is 168. The fourth-order valence-corrected chi connectivity index (χ4v) is 0.750. The Morgan fingerprint density at radius 3 is 2.40 bits per heavy atom. The Kier molecular flexibility index (Phi) is 3.52. The Morgan fingerprint density at radius 1 is 1.60 bits per heavy atom. The maximum atomic E-state index is 10.6. The van der Waals surface area contributed by atoms with Gasteiger partial charge in [0.25, 0.3) is 0 Å². The second-order valence-electron chi connectivity index (χ2n) is 2.15. The van der Waals surface area contributed by atoms with Crippen molar-refractivity contribution in [1.82, 2.24) is 0 Å². The van der Waals surface area contributed by atoms with Gasteiger partial charge in [0.15, 0.2) is 5.60 Å². The maximum Gasteiger partial charge on any atom is 0.698 e. The summed E-state index contributed by atoms with van der Waals surface area (Å²) in [5.74, 6) is 2.32. The SMILES string of the molecule is C#CC(C)(C)O[P+](=O)OC. The smallest absolute Gasteiger partial charge is 0.122 e. The molecule has 0 radical (unpaired) electrons. The molecule has 0 amide bonds. The number of rotatable bonds is 3. The van der Waals surface area contributed by atoms with Gasteiger partial charge in [-0.25, -0.2) is 0 Å². The first kappa shape index (κ1) is 9.58. The van der Waals surface area contributed by atoms with E-state index in [4.69, 9.17) is 10.9 Å². The minimum Gasteiger partial charge on any atom is -0.122 e. The van der Waals surface area contributed by atoms with Crippen LogP contribution in [0.4, 0.5) is 0 Å². The van der Waals surface area contributed by atoms with E-state index in [1.807, 2.05) is 0 Å². The summed E-state index contributed by atoms with van der Waals surface area (Å²) in [6.45, 7) is 3.28. The molecule has 0 spiro atoms. The lowest BCUT2D eigenvalue weighted by Crippen LogP contribution is -2.17. The van der Waals surface area contributed by atoms with E-state index in [9.17, 15) is 4.57 Å². The van der Waals surface area contributed by atoms with Gasteiger partial charge in [0, 0.05) is 4.57 Å². The molecular weight excluding hydrogens is 151 g/mol. The normalized spacial score (nSPS) is 12.4. The van der Waals surface area contributed by atoms with E-state index in [0.29, 0.717) is 0 Å². The monoisotopic (exact) mass is 161 g/mol. The van der Waals surface area contributed by atoms with Crippen LogP contribution in [0.1, 0.15) is 13.8 Å². The van der Waals surface area contributed by atoms with Crippen LogP contribution in [0, 0.1) is 12.3 Å². The zero-order valence-corrected chi connectivity index (χ0v) is 7.14. The van der Waals surface area contributed by atoms with Crippen LogP contribution in [0.25, 0.3) is 0 Å². The van der Waals surface area contributed by atoms with Crippen LogP contribution >= 0.6 is 8.25 Å². The molecule has 0 bridgehead atoms. The fraction of sp³-hybridized carbons (Fsp3) is 0.667. The first-order chi connectivity index (χ1) is 4.52. The van der Waals surface area contributed by atoms with Crippen LogP contribution in [-0.4, -0.2) is 12.7 Å².